The van der Waals surface area contributed by atoms with Gasteiger partial charge in [-0.1, -0.05) is 34.8 Å². The van der Waals surface area contributed by atoms with Crippen molar-refractivity contribution >= 4 is 34.8 Å². The molecule has 0 aromatic rings. The van der Waals surface area contributed by atoms with E-state index < -0.39 is 3.79 Å². The molecule has 0 N–H and O–H groups in total. The number of halogens is 3. The molecule has 62 valence electrons. The largest absolute Gasteiger partial charge is 0.382 e. The van der Waals surface area contributed by atoms with E-state index in [0.29, 0.717) is 6.42 Å². The van der Waals surface area contributed by atoms with Crippen molar-refractivity contribution in [2.75, 3.05) is 7.11 Å². The van der Waals surface area contributed by atoms with Gasteiger partial charge in [0.15, 0.2) is 3.79 Å². The summed E-state index contributed by atoms with van der Waals surface area (Å²) in [5.74, 6) is 0. The van der Waals surface area contributed by atoms with E-state index in [9.17, 15) is 0 Å². The summed E-state index contributed by atoms with van der Waals surface area (Å²) in [6, 6.07) is 0. The average Bonchev–Trinajstić information content (AvgIpc) is 1.81. The molecule has 0 saturated heterocycles. The topological polar surface area (TPSA) is 9.23 Å². The van der Waals surface area contributed by atoms with Crippen LogP contribution in [0.2, 0.25) is 0 Å². The Hall–Kier alpha value is 0.830. The Morgan fingerprint density at radius 3 is 2.20 bits per heavy atom. The number of alkyl halides is 3. The first kappa shape index (κ1) is 10.8. The fraction of sp³-hybridized carbons (Fsp3) is 1.00. The van der Waals surface area contributed by atoms with Gasteiger partial charge in [-0.15, -0.1) is 0 Å². The average molecular weight is 206 g/mol. The third-order valence-electron chi connectivity index (χ3n) is 1.24. The zero-order valence-corrected chi connectivity index (χ0v) is 8.30. The van der Waals surface area contributed by atoms with E-state index in [1.54, 1.807) is 7.11 Å². The normalized spacial score (nSPS) is 15.3. The molecule has 0 rings (SSSR count). The Morgan fingerprint density at radius 2 is 1.90 bits per heavy atom. The van der Waals surface area contributed by atoms with Crippen molar-refractivity contribution in [1.82, 2.24) is 0 Å². The molecule has 10 heavy (non-hydrogen) atoms. The van der Waals surface area contributed by atoms with Gasteiger partial charge < -0.3 is 4.74 Å². The zero-order valence-electron chi connectivity index (χ0n) is 6.03. The van der Waals surface area contributed by atoms with Crippen LogP contribution in [0.1, 0.15) is 19.8 Å². The SMILES string of the molecule is COC(C)CCC(Cl)(Cl)Cl. The van der Waals surface area contributed by atoms with Crippen LogP contribution in [-0.2, 0) is 4.74 Å². The molecule has 0 aliphatic carbocycles. The maximum atomic E-state index is 5.51. The Kier molecular flexibility index (Phi) is 5.04. The van der Waals surface area contributed by atoms with Gasteiger partial charge in [0.05, 0.1) is 6.10 Å². The molecule has 0 heterocycles. The van der Waals surface area contributed by atoms with Crippen molar-refractivity contribution in [3.05, 3.63) is 0 Å². The van der Waals surface area contributed by atoms with Crippen molar-refractivity contribution in [3.8, 4) is 0 Å². The van der Waals surface area contributed by atoms with E-state index in [0.717, 1.165) is 6.42 Å². The van der Waals surface area contributed by atoms with E-state index in [1.165, 1.54) is 0 Å². The van der Waals surface area contributed by atoms with Crippen molar-refractivity contribution in [2.45, 2.75) is 29.7 Å². The van der Waals surface area contributed by atoms with Crippen LogP contribution < -0.4 is 0 Å². The van der Waals surface area contributed by atoms with Crippen LogP contribution in [-0.4, -0.2) is 17.0 Å². The predicted octanol–water partition coefficient (Wildman–Crippen LogP) is 3.17. The molecule has 0 fully saturated rings. The maximum absolute atomic E-state index is 5.51. The van der Waals surface area contributed by atoms with Gasteiger partial charge in [-0.25, -0.2) is 0 Å². The molecule has 0 saturated carbocycles. The second-order valence-electron chi connectivity index (χ2n) is 2.20. The molecule has 1 atom stereocenters. The van der Waals surface area contributed by atoms with Gasteiger partial charge in [0.1, 0.15) is 0 Å². The highest BCUT2D eigenvalue weighted by Crippen LogP contribution is 2.31. The van der Waals surface area contributed by atoms with Crippen LogP contribution in [0, 0.1) is 0 Å². The molecule has 0 bridgehead atoms. The van der Waals surface area contributed by atoms with Crippen molar-refractivity contribution in [3.63, 3.8) is 0 Å². The second kappa shape index (κ2) is 4.66. The molecule has 0 radical (unpaired) electrons. The van der Waals surface area contributed by atoms with Crippen LogP contribution >= 0.6 is 34.8 Å². The molecule has 0 aromatic heterocycles. The summed E-state index contributed by atoms with van der Waals surface area (Å²) in [7, 11) is 1.64. The molecular formula is C6H11Cl3O. The number of hydrogen-bond donors (Lipinski definition) is 0. The van der Waals surface area contributed by atoms with Crippen LogP contribution in [0.4, 0.5) is 0 Å². The van der Waals surface area contributed by atoms with E-state index >= 15 is 0 Å². The van der Waals surface area contributed by atoms with E-state index in [2.05, 4.69) is 0 Å². The lowest BCUT2D eigenvalue weighted by Crippen LogP contribution is -2.10. The van der Waals surface area contributed by atoms with Crippen molar-refractivity contribution < 1.29 is 4.74 Å². The molecular weight excluding hydrogens is 194 g/mol. The van der Waals surface area contributed by atoms with E-state index in [-0.39, 0.29) is 6.10 Å². The zero-order chi connectivity index (χ0) is 8.20. The Bertz CT molecular complexity index is 89.5. The lowest BCUT2D eigenvalue weighted by molar-refractivity contribution is 0.109. The maximum Gasteiger partial charge on any atom is 0.190 e. The summed E-state index contributed by atoms with van der Waals surface area (Å²) in [6.07, 6.45) is 1.47. The summed E-state index contributed by atoms with van der Waals surface area (Å²) in [6.45, 7) is 1.94. The van der Waals surface area contributed by atoms with E-state index in [4.69, 9.17) is 39.5 Å². The Morgan fingerprint density at radius 1 is 1.40 bits per heavy atom. The van der Waals surface area contributed by atoms with Gasteiger partial charge in [0, 0.05) is 7.11 Å². The van der Waals surface area contributed by atoms with E-state index in [1.807, 2.05) is 6.92 Å². The van der Waals surface area contributed by atoms with Gasteiger partial charge in [-0.05, 0) is 19.8 Å². The van der Waals surface area contributed by atoms with Crippen LogP contribution in [0.25, 0.3) is 0 Å². The van der Waals surface area contributed by atoms with Crippen molar-refractivity contribution in [1.29, 1.82) is 0 Å². The fourth-order valence-electron chi connectivity index (χ4n) is 0.485. The molecule has 0 spiro atoms. The summed E-state index contributed by atoms with van der Waals surface area (Å²) in [5, 5.41) is 0. The number of rotatable bonds is 3. The highest BCUT2D eigenvalue weighted by Gasteiger charge is 2.19. The quantitative estimate of drug-likeness (QED) is 0.643. The van der Waals surface area contributed by atoms with Crippen LogP contribution in [0.3, 0.4) is 0 Å². The Balaban J connectivity index is 3.36. The third kappa shape index (κ3) is 6.94. The van der Waals surface area contributed by atoms with Crippen LogP contribution in [0.15, 0.2) is 0 Å². The standard InChI is InChI=1S/C6H11Cl3O/c1-5(10-2)3-4-6(7,8)9/h5H,3-4H2,1-2H3. The van der Waals surface area contributed by atoms with Crippen molar-refractivity contribution in [2.24, 2.45) is 0 Å². The highest BCUT2D eigenvalue weighted by atomic mass is 35.6. The smallest absolute Gasteiger partial charge is 0.190 e. The summed E-state index contributed by atoms with van der Waals surface area (Å²) >= 11 is 16.5. The molecule has 0 aliphatic heterocycles. The number of methoxy groups -OCH3 is 1. The highest BCUT2D eigenvalue weighted by molar-refractivity contribution is 6.67. The third-order valence-corrected chi connectivity index (χ3v) is 1.80. The summed E-state index contributed by atoms with van der Waals surface area (Å²) in [5.41, 5.74) is 0. The molecule has 0 aliphatic rings. The summed E-state index contributed by atoms with van der Waals surface area (Å²) < 4.78 is 3.84. The minimum Gasteiger partial charge on any atom is -0.382 e. The van der Waals surface area contributed by atoms with Gasteiger partial charge >= 0.3 is 0 Å². The summed E-state index contributed by atoms with van der Waals surface area (Å²) in [4.78, 5) is 0. The molecule has 4 heteroatoms. The van der Waals surface area contributed by atoms with Gasteiger partial charge in [-0.2, -0.15) is 0 Å². The number of ether oxygens (including phenoxy) is 1. The first-order valence-corrected chi connectivity index (χ1v) is 4.18. The molecule has 1 nitrogen and oxygen atoms in total. The molecule has 1 unspecified atom stereocenters. The minimum absolute atomic E-state index is 0.163. The van der Waals surface area contributed by atoms with Gasteiger partial charge in [-0.3, -0.25) is 0 Å². The number of hydrogen-bond acceptors (Lipinski definition) is 1. The second-order valence-corrected chi connectivity index (χ2v) is 4.72. The Labute approximate surface area is 76.6 Å². The molecule has 0 aromatic carbocycles. The van der Waals surface area contributed by atoms with Crippen LogP contribution in [0.5, 0.6) is 0 Å². The monoisotopic (exact) mass is 204 g/mol. The lowest BCUT2D eigenvalue weighted by Gasteiger charge is -2.13. The van der Waals surface area contributed by atoms with Gasteiger partial charge in [0.25, 0.3) is 0 Å². The lowest BCUT2D eigenvalue weighted by atomic mass is 10.2. The predicted molar refractivity (Wildman–Crippen MR) is 46.0 cm³/mol. The first-order valence-electron chi connectivity index (χ1n) is 3.05. The van der Waals surface area contributed by atoms with Gasteiger partial charge in [0.2, 0.25) is 0 Å². The molecule has 0 amide bonds. The fourth-order valence-corrected chi connectivity index (χ4v) is 0.812. The minimum atomic E-state index is -1.13. The first-order chi connectivity index (χ1) is 4.45.